The number of nitrogens with one attached hydrogen (secondary N) is 2. The first kappa shape index (κ1) is 39.2. The Labute approximate surface area is 341 Å². The molecule has 2 aromatic carbocycles. The molecule has 3 amide bonds. The number of piperazine rings is 1. The van der Waals surface area contributed by atoms with Crippen LogP contribution < -0.4 is 30.7 Å². The van der Waals surface area contributed by atoms with Crippen LogP contribution in [0.5, 0.6) is 5.75 Å². The van der Waals surface area contributed by atoms with Gasteiger partial charge in [0.05, 0.1) is 27.7 Å². The normalized spacial score (nSPS) is 24.2. The third-order valence-electron chi connectivity index (χ3n) is 12.5. The molecule has 0 spiro atoms. The van der Waals surface area contributed by atoms with E-state index in [1.54, 1.807) is 42.9 Å². The molecule has 58 heavy (non-hydrogen) atoms. The van der Waals surface area contributed by atoms with Crippen molar-refractivity contribution in [3.8, 4) is 11.8 Å². The van der Waals surface area contributed by atoms with E-state index in [-0.39, 0.29) is 53.2 Å². The summed E-state index contributed by atoms with van der Waals surface area (Å²) in [5.41, 5.74) is 0.702. The molecule has 5 heterocycles. The van der Waals surface area contributed by atoms with Crippen molar-refractivity contribution < 1.29 is 19.1 Å². The highest BCUT2D eigenvalue weighted by atomic mass is 35.5. The van der Waals surface area contributed by atoms with E-state index < -0.39 is 11.9 Å². The number of hydrogen-bond acceptors (Lipinski definition) is 12. The Kier molecular flexibility index (Phi) is 10.4. The number of hydrogen-bond donors (Lipinski definition) is 2. The number of anilines is 2. The minimum Gasteiger partial charge on any atom is -0.489 e. The van der Waals surface area contributed by atoms with Gasteiger partial charge in [-0.1, -0.05) is 39.3 Å². The highest BCUT2D eigenvalue weighted by Gasteiger charge is 2.64. The second kappa shape index (κ2) is 15.3. The second-order valence-corrected chi connectivity index (χ2v) is 17.5. The van der Waals surface area contributed by atoms with E-state index in [2.05, 4.69) is 74.2 Å². The van der Waals surface area contributed by atoms with Crippen molar-refractivity contribution in [2.24, 2.45) is 16.7 Å². The van der Waals surface area contributed by atoms with E-state index in [9.17, 15) is 24.4 Å². The van der Waals surface area contributed by atoms with Gasteiger partial charge in [-0.3, -0.25) is 29.4 Å². The molecular weight excluding hydrogens is 760 g/mol. The van der Waals surface area contributed by atoms with Crippen LogP contribution in [0.4, 0.5) is 11.6 Å². The summed E-state index contributed by atoms with van der Waals surface area (Å²) in [5, 5.41) is 20.6. The summed E-state index contributed by atoms with van der Waals surface area (Å²) in [6.45, 7) is 14.5. The van der Waals surface area contributed by atoms with Crippen LogP contribution in [0, 0.1) is 28.1 Å². The predicted octanol–water partition coefficient (Wildman–Crippen LogP) is 3.95. The minimum atomic E-state index is -0.792. The highest BCUT2D eigenvalue weighted by molar-refractivity contribution is 6.31. The van der Waals surface area contributed by atoms with Gasteiger partial charge in [-0.15, -0.1) is 0 Å². The summed E-state index contributed by atoms with van der Waals surface area (Å²) in [6, 6.07) is 11.9. The van der Waals surface area contributed by atoms with Crippen LogP contribution >= 0.6 is 11.6 Å². The van der Waals surface area contributed by atoms with Crippen molar-refractivity contribution in [2.45, 2.75) is 65.1 Å². The van der Waals surface area contributed by atoms with Crippen molar-refractivity contribution >= 4 is 51.7 Å². The number of nitriles is 1. The van der Waals surface area contributed by atoms with Crippen LogP contribution in [-0.2, 0) is 9.59 Å². The Hall–Kier alpha value is -5.59. The lowest BCUT2D eigenvalue weighted by atomic mass is 9.49. The Bertz CT molecular complexity index is 2350. The van der Waals surface area contributed by atoms with Gasteiger partial charge in [0.1, 0.15) is 24.0 Å². The number of halogens is 1. The molecular formula is C42H47ClN10O5. The first-order chi connectivity index (χ1) is 27.7. The van der Waals surface area contributed by atoms with E-state index in [1.807, 2.05) is 12.1 Å². The lowest BCUT2D eigenvalue weighted by molar-refractivity contribution is -0.164. The quantitative estimate of drug-likeness (QED) is 0.233. The Morgan fingerprint density at radius 1 is 0.966 bits per heavy atom. The number of ether oxygens (including phenoxy) is 1. The van der Waals surface area contributed by atoms with Gasteiger partial charge >= 0.3 is 0 Å². The number of piperidine rings is 1. The number of nitrogens with zero attached hydrogens (tertiary/aromatic N) is 8. The zero-order valence-corrected chi connectivity index (χ0v) is 33.8. The molecule has 4 aromatic rings. The largest absolute Gasteiger partial charge is 0.489 e. The fraction of sp³-hybridized carbons (Fsp3) is 0.476. The van der Waals surface area contributed by atoms with Crippen LogP contribution in [0.15, 0.2) is 59.8 Å². The molecule has 4 fully saturated rings. The first-order valence-electron chi connectivity index (χ1n) is 19.8. The number of benzene rings is 2. The van der Waals surface area contributed by atoms with Crippen molar-refractivity contribution in [3.63, 3.8) is 0 Å². The predicted molar refractivity (Wildman–Crippen MR) is 218 cm³/mol. The molecule has 1 aliphatic carbocycles. The van der Waals surface area contributed by atoms with Crippen LogP contribution in [0.25, 0.3) is 10.8 Å². The minimum absolute atomic E-state index is 0.176. The summed E-state index contributed by atoms with van der Waals surface area (Å²) in [4.78, 5) is 66.8. The standard InChI is InChI=1S/C42H47ClN10O5/c1-41(2)38(42(3,4)39(41)58-30-7-5-26(19-44)32(43)18-30)49-35(55)28-20-45-40(46-21-28)52-12-11-25(24-52)23-50-13-15-51(16-14-50)29-6-8-31-27(17-29)22-47-53(37(31)57)33-9-10-34(54)48-36(33)56/h5-8,17-18,20-22,25,33,38-39H,9-16,23-24H2,1-4H3,(H,49,55)(H,48,54,56). The number of rotatable bonds is 9. The number of amides is 3. The summed E-state index contributed by atoms with van der Waals surface area (Å²) in [6.07, 6.45) is 6.08. The Balaban J connectivity index is 0.812. The lowest BCUT2D eigenvalue weighted by Crippen LogP contribution is -2.74. The van der Waals surface area contributed by atoms with Gasteiger partial charge in [-0.05, 0) is 49.1 Å². The zero-order chi connectivity index (χ0) is 40.9. The molecule has 8 rings (SSSR count). The highest BCUT2D eigenvalue weighted by Crippen LogP contribution is 2.55. The van der Waals surface area contributed by atoms with Gasteiger partial charge in [0.15, 0.2) is 0 Å². The average molecular weight is 807 g/mol. The number of carbonyl (C=O) groups excluding carboxylic acids is 3. The van der Waals surface area contributed by atoms with Crippen molar-refractivity contribution in [3.05, 3.63) is 81.5 Å². The zero-order valence-electron chi connectivity index (χ0n) is 33.1. The van der Waals surface area contributed by atoms with Gasteiger partial charge in [0, 0.05) is 98.6 Å². The van der Waals surface area contributed by atoms with E-state index in [4.69, 9.17) is 16.3 Å². The SMILES string of the molecule is CC1(C)C(NC(=O)c2cnc(N3CCC(CN4CCN(c5ccc6c(=O)n(C7CCC(=O)NC7=O)ncc6c5)CC4)C3)nc2)C(C)(C)C1Oc1ccc(C#N)c(Cl)c1. The number of carbonyl (C=O) groups is 3. The molecule has 3 aliphatic heterocycles. The smallest absolute Gasteiger partial charge is 0.275 e. The summed E-state index contributed by atoms with van der Waals surface area (Å²) >= 11 is 6.24. The number of fused-ring (bicyclic) bond motifs is 1. The lowest BCUT2D eigenvalue weighted by Gasteiger charge is -2.63. The van der Waals surface area contributed by atoms with Gasteiger partial charge < -0.3 is 19.9 Å². The molecule has 15 nitrogen and oxygen atoms in total. The van der Waals surface area contributed by atoms with Crippen molar-refractivity contribution in [2.75, 3.05) is 55.6 Å². The first-order valence-corrected chi connectivity index (χ1v) is 20.2. The molecule has 2 unspecified atom stereocenters. The van der Waals surface area contributed by atoms with E-state index in [1.165, 1.54) is 4.68 Å². The van der Waals surface area contributed by atoms with E-state index in [0.717, 1.165) is 57.9 Å². The van der Waals surface area contributed by atoms with Crippen LogP contribution in [-0.4, -0.2) is 100 Å². The number of aromatic nitrogens is 4. The van der Waals surface area contributed by atoms with Crippen LogP contribution in [0.2, 0.25) is 5.02 Å². The molecule has 4 aliphatic rings. The molecule has 0 bridgehead atoms. The van der Waals surface area contributed by atoms with Crippen molar-refractivity contribution in [1.82, 2.24) is 35.3 Å². The molecule has 2 atom stereocenters. The van der Waals surface area contributed by atoms with Crippen LogP contribution in [0.3, 0.4) is 0 Å². The van der Waals surface area contributed by atoms with E-state index in [0.29, 0.717) is 44.5 Å². The molecule has 2 N–H and O–H groups in total. The van der Waals surface area contributed by atoms with Gasteiger partial charge in [-0.25, -0.2) is 14.6 Å². The summed E-state index contributed by atoms with van der Waals surface area (Å²) in [5.74, 6) is 0.610. The van der Waals surface area contributed by atoms with E-state index >= 15 is 0 Å². The fourth-order valence-corrected chi connectivity index (χ4v) is 9.83. The third kappa shape index (κ3) is 7.35. The third-order valence-corrected chi connectivity index (χ3v) is 12.8. The average Bonchev–Trinajstić information content (AvgIpc) is 3.68. The van der Waals surface area contributed by atoms with Gasteiger partial charge in [0.2, 0.25) is 11.9 Å². The molecule has 2 aromatic heterocycles. The second-order valence-electron chi connectivity index (χ2n) is 17.1. The van der Waals surface area contributed by atoms with Gasteiger partial charge in [-0.2, -0.15) is 10.4 Å². The summed E-state index contributed by atoms with van der Waals surface area (Å²) < 4.78 is 7.55. The maximum absolute atomic E-state index is 13.4. The van der Waals surface area contributed by atoms with Gasteiger partial charge in [0.25, 0.3) is 17.4 Å². The molecule has 302 valence electrons. The monoisotopic (exact) mass is 806 g/mol. The fourth-order valence-electron chi connectivity index (χ4n) is 9.62. The number of imide groups is 1. The molecule has 0 radical (unpaired) electrons. The Morgan fingerprint density at radius 2 is 1.71 bits per heavy atom. The van der Waals surface area contributed by atoms with Crippen molar-refractivity contribution in [1.29, 1.82) is 5.26 Å². The summed E-state index contributed by atoms with van der Waals surface area (Å²) in [7, 11) is 0. The maximum Gasteiger partial charge on any atom is 0.275 e. The topological polar surface area (TPSA) is 179 Å². The molecule has 3 saturated heterocycles. The molecule has 1 saturated carbocycles. The molecule has 16 heteroatoms. The maximum atomic E-state index is 13.4. The van der Waals surface area contributed by atoms with Crippen LogP contribution in [0.1, 0.15) is 68.9 Å². The Morgan fingerprint density at radius 3 is 2.40 bits per heavy atom.